The molecule has 50 heavy (non-hydrogen) atoms. The topological polar surface area (TPSA) is 34.3 Å². The number of anilines is 2. The number of nitrogens with one attached hydrogen (secondary N) is 1. The van der Waals surface area contributed by atoms with Crippen molar-refractivity contribution >= 4 is 72.2 Å². The van der Waals surface area contributed by atoms with Crippen LogP contribution in [0.5, 0.6) is 0 Å². The van der Waals surface area contributed by atoms with E-state index in [1.54, 1.807) is 0 Å². The maximum Gasteiger partial charge on any atom is 0.146 e. The Morgan fingerprint density at radius 2 is 1.08 bits per heavy atom. The molecule has 0 aliphatic rings. The van der Waals surface area contributed by atoms with Crippen molar-refractivity contribution in [2.75, 3.05) is 5.32 Å². The molecule has 0 amide bonds. The fraction of sp³-hybridized carbons (Fsp3) is 0. The van der Waals surface area contributed by atoms with Crippen LogP contribution in [0.25, 0.3) is 77.1 Å². The minimum absolute atomic E-state index is 0.662. The summed E-state index contributed by atoms with van der Waals surface area (Å²) in [6.07, 6.45) is 1.89. The number of fused-ring (bicyclic) bond motifs is 9. The number of benzene rings is 7. The lowest BCUT2D eigenvalue weighted by Gasteiger charge is -2.14. The highest BCUT2D eigenvalue weighted by Crippen LogP contribution is 2.39. The quantitative estimate of drug-likeness (QED) is 0.186. The Balaban J connectivity index is 1.15. The van der Waals surface area contributed by atoms with E-state index in [4.69, 9.17) is 16.6 Å². The van der Waals surface area contributed by atoms with Gasteiger partial charge in [-0.05, 0) is 82.2 Å². The Kier molecular flexibility index (Phi) is 6.51. The van der Waals surface area contributed by atoms with Crippen molar-refractivity contribution in [1.29, 1.82) is 0 Å². The summed E-state index contributed by atoms with van der Waals surface area (Å²) in [6.45, 7) is 0. The Morgan fingerprint density at radius 3 is 1.90 bits per heavy atom. The molecular weight excluding hydrogens is 632 g/mol. The van der Waals surface area contributed by atoms with Gasteiger partial charge in [0.25, 0.3) is 0 Å². The summed E-state index contributed by atoms with van der Waals surface area (Å²) in [5.41, 5.74) is 11.1. The molecule has 3 heterocycles. The molecule has 3 aromatic heterocycles. The summed E-state index contributed by atoms with van der Waals surface area (Å²) in [5, 5.41) is 10.1. The summed E-state index contributed by atoms with van der Waals surface area (Å²) in [4.78, 5) is 4.87. The van der Waals surface area contributed by atoms with E-state index in [1.807, 2.05) is 30.5 Å². The molecule has 0 bridgehead atoms. The lowest BCUT2D eigenvalue weighted by atomic mass is 9.98. The highest BCUT2D eigenvalue weighted by atomic mass is 35.5. The third kappa shape index (κ3) is 4.50. The van der Waals surface area contributed by atoms with Gasteiger partial charge in [0, 0.05) is 27.2 Å². The van der Waals surface area contributed by atoms with E-state index in [9.17, 15) is 0 Å². The van der Waals surface area contributed by atoms with E-state index >= 15 is 0 Å². The van der Waals surface area contributed by atoms with Gasteiger partial charge in [-0.3, -0.25) is 4.40 Å². The van der Waals surface area contributed by atoms with Crippen LogP contribution in [-0.4, -0.2) is 14.0 Å². The molecule has 0 saturated carbocycles. The fourth-order valence-electron chi connectivity index (χ4n) is 7.50. The molecule has 0 saturated heterocycles. The largest absolute Gasteiger partial charge is 0.339 e. The smallest absolute Gasteiger partial charge is 0.146 e. The van der Waals surface area contributed by atoms with Crippen LogP contribution in [0, 0.1) is 0 Å². The molecule has 236 valence electrons. The van der Waals surface area contributed by atoms with E-state index in [0.29, 0.717) is 5.02 Å². The molecule has 0 radical (unpaired) electrons. The first-order valence-corrected chi connectivity index (χ1v) is 17.1. The second-order valence-corrected chi connectivity index (χ2v) is 13.1. The molecule has 1 N–H and O–H groups in total. The molecule has 4 nitrogen and oxygen atoms in total. The zero-order chi connectivity index (χ0) is 33.2. The van der Waals surface area contributed by atoms with Gasteiger partial charge in [0.15, 0.2) is 0 Å². The predicted molar refractivity (Wildman–Crippen MR) is 210 cm³/mol. The van der Waals surface area contributed by atoms with Crippen molar-refractivity contribution in [2.45, 2.75) is 0 Å². The van der Waals surface area contributed by atoms with E-state index < -0.39 is 0 Å². The van der Waals surface area contributed by atoms with Crippen LogP contribution in [0.3, 0.4) is 0 Å². The number of halogens is 1. The van der Waals surface area contributed by atoms with Gasteiger partial charge in [-0.15, -0.1) is 0 Å². The standard InChI is InChI=1S/C45H29ClN4/c46-39-18-7-8-19-40(39)48-44-28-47-45-36-17-5-4-15-34(36)37-26-31(22-24-43(37)50(44)45)32-21-23-42-38(27-32)35-16-6-9-20-41(35)49(42)33-14-10-13-30(25-33)29-11-2-1-3-12-29/h1-28,48H. The molecule has 10 rings (SSSR count). The molecule has 10 aromatic rings. The van der Waals surface area contributed by atoms with Gasteiger partial charge >= 0.3 is 0 Å². The number of imidazole rings is 1. The Hall–Kier alpha value is -6.36. The van der Waals surface area contributed by atoms with Crippen LogP contribution in [-0.2, 0) is 0 Å². The van der Waals surface area contributed by atoms with Crippen molar-refractivity contribution in [2.24, 2.45) is 0 Å². The maximum atomic E-state index is 6.55. The number of aromatic nitrogens is 3. The second-order valence-electron chi connectivity index (χ2n) is 12.7. The summed E-state index contributed by atoms with van der Waals surface area (Å²) in [7, 11) is 0. The fourth-order valence-corrected chi connectivity index (χ4v) is 7.68. The zero-order valence-corrected chi connectivity index (χ0v) is 27.6. The first-order valence-electron chi connectivity index (χ1n) is 16.7. The van der Waals surface area contributed by atoms with Crippen molar-refractivity contribution < 1.29 is 0 Å². The normalized spacial score (nSPS) is 11.7. The third-order valence-corrected chi connectivity index (χ3v) is 10.1. The number of hydrogen-bond donors (Lipinski definition) is 1. The van der Waals surface area contributed by atoms with Gasteiger partial charge in [-0.25, -0.2) is 4.98 Å². The van der Waals surface area contributed by atoms with Crippen LogP contribution in [0.1, 0.15) is 0 Å². The van der Waals surface area contributed by atoms with Crippen LogP contribution >= 0.6 is 11.6 Å². The molecular formula is C45H29ClN4. The molecule has 0 spiro atoms. The average molecular weight is 661 g/mol. The number of hydrogen-bond acceptors (Lipinski definition) is 2. The molecule has 7 aromatic carbocycles. The molecule has 0 atom stereocenters. The van der Waals surface area contributed by atoms with Gasteiger partial charge in [-0.1, -0.05) is 121 Å². The number of pyridine rings is 1. The first-order chi connectivity index (χ1) is 24.7. The molecule has 0 aliphatic carbocycles. The van der Waals surface area contributed by atoms with Gasteiger partial charge < -0.3 is 9.88 Å². The Bertz CT molecular complexity index is 2920. The minimum atomic E-state index is 0.662. The Morgan fingerprint density at radius 1 is 0.460 bits per heavy atom. The van der Waals surface area contributed by atoms with Crippen LogP contribution < -0.4 is 5.32 Å². The van der Waals surface area contributed by atoms with E-state index in [0.717, 1.165) is 44.7 Å². The lowest BCUT2D eigenvalue weighted by molar-refractivity contribution is 1.18. The van der Waals surface area contributed by atoms with E-state index in [-0.39, 0.29) is 0 Å². The van der Waals surface area contributed by atoms with E-state index in [1.165, 1.54) is 43.9 Å². The van der Waals surface area contributed by atoms with Crippen molar-refractivity contribution in [3.05, 3.63) is 175 Å². The van der Waals surface area contributed by atoms with Crippen molar-refractivity contribution in [3.63, 3.8) is 0 Å². The highest BCUT2D eigenvalue weighted by Gasteiger charge is 2.17. The van der Waals surface area contributed by atoms with Crippen LogP contribution in [0.15, 0.2) is 170 Å². The van der Waals surface area contributed by atoms with Gasteiger partial charge in [0.1, 0.15) is 11.5 Å². The van der Waals surface area contributed by atoms with Crippen molar-refractivity contribution in [3.8, 4) is 27.9 Å². The second kappa shape index (κ2) is 11.4. The van der Waals surface area contributed by atoms with Gasteiger partial charge in [-0.2, -0.15) is 0 Å². The molecule has 0 unspecified atom stereocenters. The Labute approximate surface area is 293 Å². The molecule has 0 aliphatic heterocycles. The maximum absolute atomic E-state index is 6.55. The number of nitrogens with zero attached hydrogens (tertiary/aromatic N) is 3. The molecule has 0 fully saturated rings. The number of para-hydroxylation sites is 2. The first kappa shape index (κ1) is 28.6. The third-order valence-electron chi connectivity index (χ3n) is 9.81. The van der Waals surface area contributed by atoms with Gasteiger partial charge in [0.2, 0.25) is 0 Å². The monoisotopic (exact) mass is 660 g/mol. The minimum Gasteiger partial charge on any atom is -0.339 e. The van der Waals surface area contributed by atoms with Crippen LogP contribution in [0.2, 0.25) is 5.02 Å². The summed E-state index contributed by atoms with van der Waals surface area (Å²) >= 11 is 6.55. The van der Waals surface area contributed by atoms with Gasteiger partial charge in [0.05, 0.1) is 33.5 Å². The van der Waals surface area contributed by atoms with Crippen molar-refractivity contribution in [1.82, 2.24) is 14.0 Å². The van der Waals surface area contributed by atoms with Crippen LogP contribution in [0.4, 0.5) is 11.5 Å². The summed E-state index contributed by atoms with van der Waals surface area (Å²) in [6, 6.07) is 58.0. The molecule has 5 heteroatoms. The zero-order valence-electron chi connectivity index (χ0n) is 26.9. The summed E-state index contributed by atoms with van der Waals surface area (Å²) in [5.74, 6) is 0.863. The number of rotatable bonds is 5. The summed E-state index contributed by atoms with van der Waals surface area (Å²) < 4.78 is 4.59. The lowest BCUT2D eigenvalue weighted by Crippen LogP contribution is -1.98. The highest BCUT2D eigenvalue weighted by molar-refractivity contribution is 6.33. The van der Waals surface area contributed by atoms with E-state index in [2.05, 4.69) is 154 Å². The average Bonchev–Trinajstić information content (AvgIpc) is 3.75. The predicted octanol–water partition coefficient (Wildman–Crippen LogP) is 12.5. The SMILES string of the molecule is Clc1ccccc1Nc1cnc2c3ccccc3c3cc(-c4ccc5c(c4)c4ccccc4n5-c4cccc(-c5ccccc5)c4)ccc3n12.